The summed E-state index contributed by atoms with van der Waals surface area (Å²) in [5.74, 6) is -0.392. The molecule has 2 unspecified atom stereocenters. The summed E-state index contributed by atoms with van der Waals surface area (Å²) in [5, 5.41) is 18.8. The molecule has 4 atom stereocenters. The van der Waals surface area contributed by atoms with Gasteiger partial charge in [-0.15, -0.1) is 0 Å². The van der Waals surface area contributed by atoms with Gasteiger partial charge in [0.2, 0.25) is 17.7 Å². The Bertz CT molecular complexity index is 1140. The first-order valence-electron chi connectivity index (χ1n) is 14.0. The lowest BCUT2D eigenvalue weighted by Crippen LogP contribution is -2.58. The first kappa shape index (κ1) is 30.8. The van der Waals surface area contributed by atoms with Crippen molar-refractivity contribution in [2.45, 2.75) is 51.2 Å². The molecule has 216 valence electrons. The van der Waals surface area contributed by atoms with Gasteiger partial charge in [0.05, 0.1) is 6.04 Å². The third-order valence-corrected chi connectivity index (χ3v) is 7.25. The highest BCUT2D eigenvalue weighted by molar-refractivity contribution is 5.93. The zero-order valence-electron chi connectivity index (χ0n) is 23.6. The molecule has 3 rings (SSSR count). The highest BCUT2D eigenvalue weighted by atomic mass is 16.5. The van der Waals surface area contributed by atoms with Crippen LogP contribution in [0.4, 0.5) is 0 Å². The molecular weight excluding hydrogens is 508 g/mol. The Morgan fingerprint density at radius 3 is 2.50 bits per heavy atom. The maximum atomic E-state index is 13.7. The quantitative estimate of drug-likeness (QED) is 0.438. The van der Waals surface area contributed by atoms with Gasteiger partial charge in [0, 0.05) is 38.7 Å². The molecule has 0 fully saturated rings. The number of carbonyl (C=O) groups excluding carboxylic acids is 3. The molecule has 0 aliphatic carbocycles. The molecule has 0 radical (unpaired) electrons. The number of para-hydroxylation sites is 1. The molecule has 0 spiro atoms. The second-order valence-corrected chi connectivity index (χ2v) is 10.1. The number of aliphatic hydroxyl groups excluding tert-OH is 1. The molecule has 2 aromatic carbocycles. The minimum atomic E-state index is -0.946. The van der Waals surface area contributed by atoms with Crippen LogP contribution in [0.2, 0.25) is 0 Å². The van der Waals surface area contributed by atoms with Crippen molar-refractivity contribution in [1.82, 2.24) is 20.9 Å². The molecule has 9 heteroatoms. The Morgan fingerprint density at radius 2 is 1.77 bits per heavy atom. The number of amides is 3. The Labute approximate surface area is 237 Å². The van der Waals surface area contributed by atoms with Crippen molar-refractivity contribution in [1.29, 1.82) is 0 Å². The Kier molecular flexibility index (Phi) is 12.2. The average Bonchev–Trinajstić information content (AvgIpc) is 2.97. The standard InChI is InChI=1S/C31H42N4O5/c1-4-22(2)28-31(39)35(3)26(16-19-36)30(38)34-25(21-23-11-6-5-7-12-23)29(37)33-17-10-14-24-13-8-9-15-27(24)40-20-18-32-28/h5-15,22,25-26,28,32,36H,4,16-21H2,1-3H3,(H,33,37)(H,34,38)/b14-10+/t22?,25?,26-,28-/m0/s1. The van der Waals surface area contributed by atoms with Crippen LogP contribution in [0, 0.1) is 5.92 Å². The van der Waals surface area contributed by atoms with Crippen LogP contribution >= 0.6 is 0 Å². The highest BCUT2D eigenvalue weighted by Gasteiger charge is 2.34. The van der Waals surface area contributed by atoms with E-state index in [4.69, 9.17) is 4.74 Å². The number of hydrogen-bond acceptors (Lipinski definition) is 6. The second-order valence-electron chi connectivity index (χ2n) is 10.1. The normalized spacial score (nSPS) is 23.1. The number of carbonyl (C=O) groups is 3. The van der Waals surface area contributed by atoms with Crippen molar-refractivity contribution < 1.29 is 24.2 Å². The summed E-state index contributed by atoms with van der Waals surface area (Å²) >= 11 is 0. The number of likely N-dealkylation sites (N-methyl/N-ethyl adjacent to an activating group) is 1. The van der Waals surface area contributed by atoms with Crippen LogP contribution in [-0.2, 0) is 20.8 Å². The van der Waals surface area contributed by atoms with Crippen LogP contribution in [0.3, 0.4) is 0 Å². The van der Waals surface area contributed by atoms with Gasteiger partial charge < -0.3 is 30.7 Å². The number of benzene rings is 2. The van der Waals surface area contributed by atoms with Gasteiger partial charge in [-0.05, 0) is 24.0 Å². The number of hydrogen-bond donors (Lipinski definition) is 4. The van der Waals surface area contributed by atoms with Crippen molar-refractivity contribution in [3.63, 3.8) is 0 Å². The van der Waals surface area contributed by atoms with Gasteiger partial charge in [-0.25, -0.2) is 0 Å². The smallest absolute Gasteiger partial charge is 0.243 e. The second kappa shape index (κ2) is 15.8. The van der Waals surface area contributed by atoms with Gasteiger partial charge in [0.15, 0.2) is 0 Å². The first-order chi connectivity index (χ1) is 19.3. The van der Waals surface area contributed by atoms with E-state index in [0.717, 1.165) is 17.5 Å². The lowest BCUT2D eigenvalue weighted by Gasteiger charge is -2.33. The van der Waals surface area contributed by atoms with Crippen molar-refractivity contribution >= 4 is 23.8 Å². The largest absolute Gasteiger partial charge is 0.492 e. The minimum absolute atomic E-state index is 0.00906. The maximum absolute atomic E-state index is 13.7. The highest BCUT2D eigenvalue weighted by Crippen LogP contribution is 2.20. The average molecular weight is 551 g/mol. The lowest BCUT2D eigenvalue weighted by atomic mass is 9.96. The fraction of sp³-hybridized carbons (Fsp3) is 0.452. The van der Waals surface area contributed by atoms with E-state index in [0.29, 0.717) is 18.9 Å². The van der Waals surface area contributed by atoms with E-state index in [2.05, 4.69) is 16.0 Å². The summed E-state index contributed by atoms with van der Waals surface area (Å²) < 4.78 is 6.01. The number of fused-ring (bicyclic) bond motifs is 1. The predicted molar refractivity (Wildman–Crippen MR) is 156 cm³/mol. The molecule has 3 amide bonds. The van der Waals surface area contributed by atoms with E-state index in [1.807, 2.05) is 80.6 Å². The van der Waals surface area contributed by atoms with Gasteiger partial charge in [0.25, 0.3) is 0 Å². The van der Waals surface area contributed by atoms with Crippen molar-refractivity contribution in [3.8, 4) is 5.75 Å². The molecule has 2 aromatic rings. The molecule has 1 aliphatic rings. The molecule has 0 saturated carbocycles. The molecule has 1 aliphatic heterocycles. The molecule has 9 nitrogen and oxygen atoms in total. The number of nitrogens with one attached hydrogen (secondary N) is 3. The van der Waals surface area contributed by atoms with Gasteiger partial charge in [-0.1, -0.05) is 81.0 Å². The molecule has 0 saturated heterocycles. The minimum Gasteiger partial charge on any atom is -0.492 e. The monoisotopic (exact) mass is 550 g/mol. The van der Waals surface area contributed by atoms with Gasteiger partial charge in [-0.2, -0.15) is 0 Å². The summed E-state index contributed by atoms with van der Waals surface area (Å²) in [7, 11) is 1.57. The fourth-order valence-electron chi connectivity index (χ4n) is 4.68. The summed E-state index contributed by atoms with van der Waals surface area (Å²) in [6, 6.07) is 14.7. The SMILES string of the molecule is CCC(C)[C@@H]1NCCOc2ccccc2/C=C/CNC(=O)C(Cc2ccccc2)NC(=O)[C@H](CCO)N(C)C1=O. The predicted octanol–water partition coefficient (Wildman–Crippen LogP) is 2.15. The molecule has 0 aromatic heterocycles. The van der Waals surface area contributed by atoms with Crippen LogP contribution in [0.1, 0.15) is 37.8 Å². The number of nitrogens with zero attached hydrogens (tertiary/aromatic N) is 1. The summed E-state index contributed by atoms with van der Waals surface area (Å²) in [6.45, 7) is 4.73. The molecule has 0 bridgehead atoms. The van der Waals surface area contributed by atoms with E-state index in [-0.39, 0.29) is 43.7 Å². The van der Waals surface area contributed by atoms with Crippen molar-refractivity contribution in [2.75, 3.05) is 33.4 Å². The van der Waals surface area contributed by atoms with E-state index < -0.39 is 24.0 Å². The lowest BCUT2D eigenvalue weighted by molar-refractivity contribution is -0.142. The van der Waals surface area contributed by atoms with E-state index in [9.17, 15) is 19.5 Å². The molecule has 40 heavy (non-hydrogen) atoms. The number of ether oxygens (including phenoxy) is 1. The fourth-order valence-corrected chi connectivity index (χ4v) is 4.68. The summed E-state index contributed by atoms with van der Waals surface area (Å²) in [6.07, 6.45) is 4.79. The van der Waals surface area contributed by atoms with Gasteiger partial charge >= 0.3 is 0 Å². The van der Waals surface area contributed by atoms with Gasteiger partial charge in [0.1, 0.15) is 24.4 Å². The number of aliphatic hydroxyl groups is 1. The summed E-state index contributed by atoms with van der Waals surface area (Å²) in [4.78, 5) is 41.9. The zero-order valence-corrected chi connectivity index (χ0v) is 23.6. The Morgan fingerprint density at radius 1 is 1.05 bits per heavy atom. The third kappa shape index (κ3) is 8.66. The van der Waals surface area contributed by atoms with Crippen LogP contribution in [-0.4, -0.2) is 79.2 Å². The number of rotatable bonds is 6. The summed E-state index contributed by atoms with van der Waals surface area (Å²) in [5.41, 5.74) is 1.75. The molecule has 4 N–H and O–H groups in total. The Balaban J connectivity index is 1.94. The van der Waals surface area contributed by atoms with Gasteiger partial charge in [-0.3, -0.25) is 14.4 Å². The maximum Gasteiger partial charge on any atom is 0.243 e. The third-order valence-electron chi connectivity index (χ3n) is 7.25. The molecular formula is C31H42N4O5. The Hall–Kier alpha value is -3.69. The van der Waals surface area contributed by atoms with Crippen molar-refractivity contribution in [2.24, 2.45) is 5.92 Å². The zero-order chi connectivity index (χ0) is 28.9. The van der Waals surface area contributed by atoms with E-state index in [1.54, 1.807) is 7.05 Å². The molecule has 1 heterocycles. The van der Waals surface area contributed by atoms with E-state index in [1.165, 1.54) is 4.90 Å². The van der Waals surface area contributed by atoms with Crippen LogP contribution in [0.5, 0.6) is 5.75 Å². The first-order valence-corrected chi connectivity index (χ1v) is 14.0. The topological polar surface area (TPSA) is 120 Å². The van der Waals surface area contributed by atoms with E-state index >= 15 is 0 Å². The van der Waals surface area contributed by atoms with Crippen LogP contribution in [0.15, 0.2) is 60.7 Å². The van der Waals surface area contributed by atoms with Crippen molar-refractivity contribution in [3.05, 3.63) is 71.8 Å². The van der Waals surface area contributed by atoms with Crippen LogP contribution in [0.25, 0.3) is 6.08 Å². The van der Waals surface area contributed by atoms with Crippen LogP contribution < -0.4 is 20.7 Å².